The molecular formula is C27H33N3O6. The maximum Gasteiger partial charge on any atom is 0.323 e. The number of aliphatic hydroxyl groups excluding tert-OH is 1. The van der Waals surface area contributed by atoms with Gasteiger partial charge in [0.2, 0.25) is 5.91 Å². The Morgan fingerprint density at radius 3 is 2.50 bits per heavy atom. The summed E-state index contributed by atoms with van der Waals surface area (Å²) in [7, 11) is 1.59. The molecular weight excluding hydrogens is 462 g/mol. The minimum Gasteiger partial charge on any atom is -0.497 e. The first-order chi connectivity index (χ1) is 17.5. The van der Waals surface area contributed by atoms with E-state index in [0.29, 0.717) is 30.0 Å². The molecule has 9 nitrogen and oxygen atoms in total. The molecule has 3 heterocycles. The fourth-order valence-electron chi connectivity index (χ4n) is 5.40. The fraction of sp³-hybridized carbons (Fsp3) is 0.481. The van der Waals surface area contributed by atoms with Crippen LogP contribution in [-0.4, -0.2) is 67.1 Å². The van der Waals surface area contributed by atoms with Crippen LogP contribution in [-0.2, 0) is 9.53 Å². The van der Waals surface area contributed by atoms with Gasteiger partial charge in [-0.15, -0.1) is 0 Å². The van der Waals surface area contributed by atoms with Crippen molar-refractivity contribution in [1.82, 2.24) is 4.90 Å². The monoisotopic (exact) mass is 495 g/mol. The lowest BCUT2D eigenvalue weighted by molar-refractivity contribution is -0.149. The lowest BCUT2D eigenvalue weighted by Crippen LogP contribution is -2.48. The first kappa shape index (κ1) is 24.4. The Hall–Kier alpha value is -3.30. The van der Waals surface area contributed by atoms with Crippen molar-refractivity contribution in [2.24, 2.45) is 0 Å². The predicted molar refractivity (Wildman–Crippen MR) is 135 cm³/mol. The van der Waals surface area contributed by atoms with E-state index in [1.165, 1.54) is 6.42 Å². The maximum atomic E-state index is 12.9. The summed E-state index contributed by atoms with van der Waals surface area (Å²) in [6, 6.07) is 12.3. The maximum absolute atomic E-state index is 12.9. The van der Waals surface area contributed by atoms with E-state index < -0.39 is 6.10 Å². The summed E-state index contributed by atoms with van der Waals surface area (Å²) < 4.78 is 17.4. The van der Waals surface area contributed by atoms with Gasteiger partial charge in [0, 0.05) is 35.9 Å². The molecule has 2 aromatic carbocycles. The number of fused-ring (bicyclic) bond motifs is 3. The van der Waals surface area contributed by atoms with E-state index in [2.05, 4.69) is 10.6 Å². The highest BCUT2D eigenvalue weighted by molar-refractivity contribution is 5.99. The molecule has 0 aliphatic carbocycles. The van der Waals surface area contributed by atoms with Crippen LogP contribution in [0, 0.1) is 0 Å². The van der Waals surface area contributed by atoms with Crippen LogP contribution in [0.2, 0.25) is 0 Å². The number of piperidine rings is 1. The summed E-state index contributed by atoms with van der Waals surface area (Å²) in [6.07, 6.45) is 3.06. The summed E-state index contributed by atoms with van der Waals surface area (Å²) in [5.41, 5.74) is 2.24. The van der Waals surface area contributed by atoms with Gasteiger partial charge in [-0.05, 0) is 68.1 Å². The van der Waals surface area contributed by atoms with Gasteiger partial charge in [0.05, 0.1) is 26.2 Å². The average Bonchev–Trinajstić information content (AvgIpc) is 3.27. The van der Waals surface area contributed by atoms with E-state index in [1.807, 2.05) is 17.0 Å². The Morgan fingerprint density at radius 1 is 1.06 bits per heavy atom. The molecule has 3 aliphatic heterocycles. The number of carbonyl (C=O) groups is 2. The zero-order valence-electron chi connectivity index (χ0n) is 20.4. The molecule has 0 saturated carbocycles. The number of ether oxygens (including phenoxy) is 3. The normalized spacial score (nSPS) is 24.8. The first-order valence-corrected chi connectivity index (χ1v) is 12.6. The number of likely N-dealkylation sites (tertiary alicyclic amines) is 1. The Labute approximate surface area is 210 Å². The zero-order chi connectivity index (χ0) is 25.1. The highest BCUT2D eigenvalue weighted by Gasteiger charge is 2.46. The average molecular weight is 496 g/mol. The quantitative estimate of drug-likeness (QED) is 0.563. The molecule has 36 heavy (non-hydrogen) atoms. The molecule has 0 aromatic heterocycles. The molecule has 2 saturated heterocycles. The molecule has 3 aliphatic rings. The standard InChI is InChI=1S/C27H33N3O6/c1-34-19-8-5-17(6-9-19)28-27(33)29-18-7-10-23-21(13-18)22-14-20(35-24(16-31)26(22)36-23)15-25(32)30-11-3-2-4-12-30/h5-10,13,20,22,24,26,31H,2-4,11-12,14-16H2,1H3,(H2,28,29,33)/t20-,22-,24+,26+/m1/s1. The summed E-state index contributed by atoms with van der Waals surface area (Å²) in [4.78, 5) is 27.3. The van der Waals surface area contributed by atoms with Crippen molar-refractivity contribution >= 4 is 23.3 Å². The van der Waals surface area contributed by atoms with Gasteiger partial charge in [0.25, 0.3) is 0 Å². The largest absolute Gasteiger partial charge is 0.497 e. The highest BCUT2D eigenvalue weighted by Crippen LogP contribution is 2.47. The molecule has 2 fully saturated rings. The molecule has 2 aromatic rings. The lowest BCUT2D eigenvalue weighted by Gasteiger charge is -2.38. The van der Waals surface area contributed by atoms with Gasteiger partial charge in [-0.2, -0.15) is 0 Å². The highest BCUT2D eigenvalue weighted by atomic mass is 16.6. The molecule has 0 unspecified atom stereocenters. The van der Waals surface area contributed by atoms with Crippen molar-refractivity contribution in [1.29, 1.82) is 0 Å². The van der Waals surface area contributed by atoms with Gasteiger partial charge < -0.3 is 34.9 Å². The third kappa shape index (κ3) is 5.27. The number of nitrogens with one attached hydrogen (secondary N) is 2. The van der Waals surface area contributed by atoms with Crippen molar-refractivity contribution in [3.05, 3.63) is 48.0 Å². The van der Waals surface area contributed by atoms with Crippen molar-refractivity contribution in [3.63, 3.8) is 0 Å². The fourth-order valence-corrected chi connectivity index (χ4v) is 5.40. The second-order valence-electron chi connectivity index (χ2n) is 9.61. The zero-order valence-corrected chi connectivity index (χ0v) is 20.4. The molecule has 4 atom stereocenters. The van der Waals surface area contributed by atoms with Gasteiger partial charge in [-0.25, -0.2) is 4.79 Å². The van der Waals surface area contributed by atoms with Crippen LogP contribution in [0.1, 0.15) is 43.6 Å². The van der Waals surface area contributed by atoms with E-state index in [4.69, 9.17) is 14.2 Å². The third-order valence-electron chi connectivity index (χ3n) is 7.22. The second kappa shape index (κ2) is 10.8. The van der Waals surface area contributed by atoms with Crippen LogP contribution in [0.4, 0.5) is 16.2 Å². The number of hydrogen-bond acceptors (Lipinski definition) is 6. The van der Waals surface area contributed by atoms with Crippen LogP contribution in [0.5, 0.6) is 11.5 Å². The number of nitrogens with zero attached hydrogens (tertiary/aromatic N) is 1. The smallest absolute Gasteiger partial charge is 0.323 e. The van der Waals surface area contributed by atoms with Crippen molar-refractivity contribution < 1.29 is 28.9 Å². The van der Waals surface area contributed by atoms with Crippen molar-refractivity contribution in [3.8, 4) is 11.5 Å². The van der Waals surface area contributed by atoms with E-state index in [0.717, 1.165) is 37.2 Å². The van der Waals surface area contributed by atoms with Gasteiger partial charge in [0.15, 0.2) is 0 Å². The number of hydrogen-bond donors (Lipinski definition) is 3. The third-order valence-corrected chi connectivity index (χ3v) is 7.22. The molecule has 9 heteroatoms. The molecule has 3 amide bonds. The first-order valence-electron chi connectivity index (χ1n) is 12.6. The predicted octanol–water partition coefficient (Wildman–Crippen LogP) is 3.74. The Bertz CT molecular complexity index is 1090. The number of rotatable bonds is 6. The van der Waals surface area contributed by atoms with Gasteiger partial charge in [0.1, 0.15) is 23.7 Å². The van der Waals surface area contributed by atoms with E-state index in [-0.39, 0.29) is 36.7 Å². The van der Waals surface area contributed by atoms with E-state index >= 15 is 0 Å². The van der Waals surface area contributed by atoms with Crippen LogP contribution >= 0.6 is 0 Å². The van der Waals surface area contributed by atoms with Crippen molar-refractivity contribution in [2.45, 2.75) is 56.3 Å². The minimum absolute atomic E-state index is 0.0311. The number of anilines is 2. The Balaban J connectivity index is 1.26. The summed E-state index contributed by atoms with van der Waals surface area (Å²) in [5.74, 6) is 1.51. The van der Waals surface area contributed by atoms with Gasteiger partial charge in [-0.3, -0.25) is 4.79 Å². The van der Waals surface area contributed by atoms with Crippen LogP contribution in [0.3, 0.4) is 0 Å². The Kier molecular flexibility index (Phi) is 7.29. The number of carbonyl (C=O) groups excluding carboxylic acids is 2. The van der Waals surface area contributed by atoms with Crippen LogP contribution in [0.25, 0.3) is 0 Å². The number of aliphatic hydroxyl groups is 1. The molecule has 0 spiro atoms. The topological polar surface area (TPSA) is 109 Å². The molecule has 0 bridgehead atoms. The van der Waals surface area contributed by atoms with Gasteiger partial charge >= 0.3 is 6.03 Å². The van der Waals surface area contributed by atoms with E-state index in [1.54, 1.807) is 37.4 Å². The minimum atomic E-state index is -0.509. The second-order valence-corrected chi connectivity index (χ2v) is 9.61. The molecule has 192 valence electrons. The van der Waals surface area contributed by atoms with Crippen LogP contribution in [0.15, 0.2) is 42.5 Å². The number of benzene rings is 2. The van der Waals surface area contributed by atoms with E-state index in [9.17, 15) is 14.7 Å². The van der Waals surface area contributed by atoms with Gasteiger partial charge in [-0.1, -0.05) is 0 Å². The number of methoxy groups -OCH3 is 1. The Morgan fingerprint density at radius 2 is 1.78 bits per heavy atom. The molecule has 0 radical (unpaired) electrons. The summed E-state index contributed by atoms with van der Waals surface area (Å²) >= 11 is 0. The molecule has 3 N–H and O–H groups in total. The van der Waals surface area contributed by atoms with Crippen molar-refractivity contribution in [2.75, 3.05) is 37.4 Å². The summed E-state index contributed by atoms with van der Waals surface area (Å²) in [6.45, 7) is 1.43. The molecule has 5 rings (SSSR count). The van der Waals surface area contributed by atoms with Crippen LogP contribution < -0.4 is 20.1 Å². The number of amides is 3. The number of urea groups is 1. The lowest BCUT2D eigenvalue weighted by atomic mass is 9.84. The summed E-state index contributed by atoms with van der Waals surface area (Å²) in [5, 5.41) is 15.7. The SMILES string of the molecule is COc1ccc(NC(=O)Nc2ccc3c(c2)[C@H]2C[C@H](CC(=O)N4CCCCC4)O[C@@H](CO)[C@H]2O3)cc1.